The van der Waals surface area contributed by atoms with Crippen molar-refractivity contribution < 1.29 is 9.13 Å². The predicted molar refractivity (Wildman–Crippen MR) is 95.2 cm³/mol. The smallest absolute Gasteiger partial charge is 0.203 e. The summed E-state index contributed by atoms with van der Waals surface area (Å²) in [5, 5.41) is 6.86. The maximum atomic E-state index is 13.6. The molecular weight excluding hydrogens is 325 g/mol. The highest BCUT2D eigenvalue weighted by Crippen LogP contribution is 2.16. The highest BCUT2D eigenvalue weighted by molar-refractivity contribution is 7.13. The topological polar surface area (TPSA) is 46.5 Å². The van der Waals surface area contributed by atoms with Gasteiger partial charge in [0, 0.05) is 10.9 Å². The molecule has 0 spiro atoms. The Morgan fingerprint density at radius 3 is 2.92 bits per heavy atom. The summed E-state index contributed by atoms with van der Waals surface area (Å²) in [6.45, 7) is 2.12. The standard InChI is InChI=1S/C18H16FN3OS/c1-13-12-24-18(21-13)22-20-10-14-5-4-7-16(9-14)23-11-15-6-2-3-8-17(15)19/h2-10,12H,11H2,1H3,(H,21,22). The maximum Gasteiger partial charge on any atom is 0.203 e. The number of hydrazone groups is 1. The highest BCUT2D eigenvalue weighted by atomic mass is 32.1. The number of hydrogen-bond donors (Lipinski definition) is 1. The quantitative estimate of drug-likeness (QED) is 0.526. The zero-order valence-corrected chi connectivity index (χ0v) is 13.9. The van der Waals surface area contributed by atoms with Crippen LogP contribution in [0.15, 0.2) is 59.0 Å². The number of hydrogen-bond acceptors (Lipinski definition) is 5. The zero-order chi connectivity index (χ0) is 16.8. The summed E-state index contributed by atoms with van der Waals surface area (Å²) in [6.07, 6.45) is 1.69. The Morgan fingerprint density at radius 1 is 1.25 bits per heavy atom. The molecule has 1 aromatic heterocycles. The first-order chi connectivity index (χ1) is 11.7. The number of aryl methyl sites for hydroxylation is 1. The summed E-state index contributed by atoms with van der Waals surface area (Å²) in [5.74, 6) is 0.394. The molecule has 0 fully saturated rings. The molecule has 3 aromatic rings. The van der Waals surface area contributed by atoms with Gasteiger partial charge in [-0.2, -0.15) is 5.10 Å². The van der Waals surface area contributed by atoms with E-state index in [1.54, 1.807) is 24.4 Å². The van der Waals surface area contributed by atoms with Crippen LogP contribution in [0.3, 0.4) is 0 Å². The minimum atomic E-state index is -0.266. The average Bonchev–Trinajstić information content (AvgIpc) is 3.00. The van der Waals surface area contributed by atoms with Crippen molar-refractivity contribution >= 4 is 22.7 Å². The molecule has 4 nitrogen and oxygen atoms in total. The second kappa shape index (κ2) is 7.70. The number of nitrogens with zero attached hydrogens (tertiary/aromatic N) is 2. The monoisotopic (exact) mass is 341 g/mol. The Morgan fingerprint density at radius 2 is 2.12 bits per heavy atom. The van der Waals surface area contributed by atoms with Crippen LogP contribution in [0, 0.1) is 12.7 Å². The molecule has 0 saturated carbocycles. The fraction of sp³-hybridized carbons (Fsp3) is 0.111. The molecule has 0 saturated heterocycles. The van der Waals surface area contributed by atoms with E-state index in [0.29, 0.717) is 11.3 Å². The summed E-state index contributed by atoms with van der Waals surface area (Å²) in [7, 11) is 0. The zero-order valence-electron chi connectivity index (χ0n) is 13.1. The lowest BCUT2D eigenvalue weighted by Crippen LogP contribution is -1.98. The van der Waals surface area contributed by atoms with Crippen LogP contribution in [0.5, 0.6) is 5.75 Å². The Labute approximate surface area is 143 Å². The van der Waals surface area contributed by atoms with Gasteiger partial charge in [0.15, 0.2) is 0 Å². The van der Waals surface area contributed by atoms with Gasteiger partial charge in [-0.05, 0) is 30.7 Å². The summed E-state index contributed by atoms with van der Waals surface area (Å²) in [5.41, 5.74) is 5.25. The van der Waals surface area contributed by atoms with Crippen molar-refractivity contribution in [1.82, 2.24) is 4.98 Å². The predicted octanol–water partition coefficient (Wildman–Crippen LogP) is 4.62. The van der Waals surface area contributed by atoms with E-state index in [-0.39, 0.29) is 12.4 Å². The highest BCUT2D eigenvalue weighted by Gasteiger charge is 2.02. The van der Waals surface area contributed by atoms with Gasteiger partial charge in [0.25, 0.3) is 0 Å². The first kappa shape index (κ1) is 16.1. The SMILES string of the molecule is Cc1csc(NN=Cc2cccc(OCc3ccccc3F)c2)n1. The molecule has 6 heteroatoms. The minimum absolute atomic E-state index is 0.184. The first-order valence-electron chi connectivity index (χ1n) is 7.38. The van der Waals surface area contributed by atoms with E-state index in [0.717, 1.165) is 16.4 Å². The van der Waals surface area contributed by atoms with Crippen molar-refractivity contribution in [2.75, 3.05) is 5.43 Å². The van der Waals surface area contributed by atoms with E-state index in [2.05, 4.69) is 15.5 Å². The Kier molecular flexibility index (Phi) is 5.18. The molecule has 0 aliphatic carbocycles. The van der Waals surface area contributed by atoms with E-state index < -0.39 is 0 Å². The average molecular weight is 341 g/mol. The summed E-state index contributed by atoms with van der Waals surface area (Å²) < 4.78 is 19.2. The van der Waals surface area contributed by atoms with Crippen molar-refractivity contribution in [3.63, 3.8) is 0 Å². The van der Waals surface area contributed by atoms with Gasteiger partial charge >= 0.3 is 0 Å². The van der Waals surface area contributed by atoms with Crippen LogP contribution in [0.25, 0.3) is 0 Å². The number of anilines is 1. The molecule has 2 aromatic carbocycles. The molecule has 24 heavy (non-hydrogen) atoms. The normalized spacial score (nSPS) is 10.9. The summed E-state index contributed by atoms with van der Waals surface area (Å²) >= 11 is 1.50. The Balaban J connectivity index is 1.60. The molecule has 0 unspecified atom stereocenters. The molecule has 0 bridgehead atoms. The van der Waals surface area contributed by atoms with Crippen molar-refractivity contribution in [3.8, 4) is 5.75 Å². The molecule has 0 atom stereocenters. The first-order valence-corrected chi connectivity index (χ1v) is 8.26. The molecule has 3 rings (SSSR count). The van der Waals surface area contributed by atoms with Crippen LogP contribution in [0.2, 0.25) is 0 Å². The lowest BCUT2D eigenvalue weighted by atomic mass is 10.2. The van der Waals surface area contributed by atoms with Gasteiger partial charge in [-0.1, -0.05) is 30.3 Å². The number of nitrogens with one attached hydrogen (secondary N) is 1. The summed E-state index contributed by atoms with van der Waals surface area (Å²) in [6, 6.07) is 14.0. The number of aromatic nitrogens is 1. The van der Waals surface area contributed by atoms with Crippen molar-refractivity contribution in [2.24, 2.45) is 5.10 Å². The Bertz CT molecular complexity index is 848. The van der Waals surface area contributed by atoms with Crippen LogP contribution < -0.4 is 10.2 Å². The van der Waals surface area contributed by atoms with E-state index in [4.69, 9.17) is 4.74 Å². The number of thiazole rings is 1. The van der Waals surface area contributed by atoms with Crippen molar-refractivity contribution in [2.45, 2.75) is 13.5 Å². The minimum Gasteiger partial charge on any atom is -0.489 e. The Hall–Kier alpha value is -2.73. The van der Waals surface area contributed by atoms with Crippen LogP contribution in [0.1, 0.15) is 16.8 Å². The molecule has 0 aliphatic heterocycles. The molecular formula is C18H16FN3OS. The van der Waals surface area contributed by atoms with E-state index in [9.17, 15) is 4.39 Å². The third kappa shape index (κ3) is 4.39. The van der Waals surface area contributed by atoms with Crippen LogP contribution in [0.4, 0.5) is 9.52 Å². The van der Waals surface area contributed by atoms with Crippen LogP contribution >= 0.6 is 11.3 Å². The van der Waals surface area contributed by atoms with Crippen LogP contribution in [-0.2, 0) is 6.61 Å². The van der Waals surface area contributed by atoms with Crippen molar-refractivity contribution in [3.05, 3.63) is 76.5 Å². The number of ether oxygens (including phenoxy) is 1. The largest absolute Gasteiger partial charge is 0.489 e. The van der Waals surface area contributed by atoms with Gasteiger partial charge in [0.1, 0.15) is 18.2 Å². The molecule has 1 N–H and O–H groups in total. The van der Waals surface area contributed by atoms with Gasteiger partial charge in [0.2, 0.25) is 5.13 Å². The second-order valence-electron chi connectivity index (χ2n) is 5.12. The number of halogens is 1. The van der Waals surface area contributed by atoms with Crippen LogP contribution in [-0.4, -0.2) is 11.2 Å². The fourth-order valence-electron chi connectivity index (χ4n) is 2.03. The molecule has 0 aliphatic rings. The van der Waals surface area contributed by atoms with E-state index >= 15 is 0 Å². The number of rotatable bonds is 6. The van der Waals surface area contributed by atoms with E-state index in [1.807, 2.05) is 36.6 Å². The van der Waals surface area contributed by atoms with Crippen molar-refractivity contribution in [1.29, 1.82) is 0 Å². The maximum absolute atomic E-state index is 13.6. The van der Waals surface area contributed by atoms with Gasteiger partial charge in [-0.25, -0.2) is 9.37 Å². The summed E-state index contributed by atoms with van der Waals surface area (Å²) in [4.78, 5) is 4.26. The lowest BCUT2D eigenvalue weighted by Gasteiger charge is -2.07. The van der Waals surface area contributed by atoms with E-state index in [1.165, 1.54) is 17.4 Å². The lowest BCUT2D eigenvalue weighted by molar-refractivity contribution is 0.300. The van der Waals surface area contributed by atoms with Gasteiger partial charge in [-0.3, -0.25) is 5.43 Å². The van der Waals surface area contributed by atoms with Gasteiger partial charge in [-0.15, -0.1) is 11.3 Å². The fourth-order valence-corrected chi connectivity index (χ4v) is 2.67. The number of benzene rings is 2. The molecule has 122 valence electrons. The third-order valence-electron chi connectivity index (χ3n) is 3.20. The second-order valence-corrected chi connectivity index (χ2v) is 5.97. The molecule has 0 amide bonds. The van der Waals surface area contributed by atoms with Gasteiger partial charge < -0.3 is 4.74 Å². The van der Waals surface area contributed by atoms with Gasteiger partial charge in [0.05, 0.1) is 11.9 Å². The molecule has 0 radical (unpaired) electrons. The third-order valence-corrected chi connectivity index (χ3v) is 4.07. The molecule has 1 heterocycles.